The molecular formula is C12H11NO2. The monoisotopic (exact) mass is 201 g/mol. The topological polar surface area (TPSA) is 33.5 Å². The van der Waals surface area contributed by atoms with E-state index in [1.807, 2.05) is 12.1 Å². The Morgan fingerprint density at radius 2 is 2.33 bits per heavy atom. The Hall–Kier alpha value is -1.77. The molecule has 0 radical (unpaired) electrons. The number of hydrogen-bond acceptors (Lipinski definition) is 3. The highest BCUT2D eigenvalue weighted by Crippen LogP contribution is 2.34. The zero-order valence-electron chi connectivity index (χ0n) is 8.49. The molecule has 0 saturated heterocycles. The Labute approximate surface area is 87.3 Å². The van der Waals surface area contributed by atoms with E-state index in [4.69, 9.17) is 4.42 Å². The van der Waals surface area contributed by atoms with Gasteiger partial charge in [0.2, 0.25) is 0 Å². The number of carbonyl (C=O) groups excluding carboxylic acids is 1. The van der Waals surface area contributed by atoms with Crippen LogP contribution >= 0.6 is 0 Å². The molecule has 0 spiro atoms. The number of anilines is 1. The molecule has 3 heteroatoms. The van der Waals surface area contributed by atoms with Gasteiger partial charge in [0.05, 0.1) is 0 Å². The van der Waals surface area contributed by atoms with E-state index < -0.39 is 0 Å². The predicted molar refractivity (Wildman–Crippen MR) is 58.6 cm³/mol. The maximum Gasteiger partial charge on any atom is 0.185 e. The van der Waals surface area contributed by atoms with E-state index in [1.54, 1.807) is 0 Å². The van der Waals surface area contributed by atoms with Gasteiger partial charge in [0, 0.05) is 24.7 Å². The van der Waals surface area contributed by atoms with Crippen LogP contribution in [-0.4, -0.2) is 19.9 Å². The van der Waals surface area contributed by atoms with E-state index >= 15 is 0 Å². The molecular weight excluding hydrogens is 190 g/mol. The summed E-state index contributed by atoms with van der Waals surface area (Å²) in [6.07, 6.45) is 1.78. The number of furan rings is 1. The van der Waals surface area contributed by atoms with Crippen LogP contribution in [0.1, 0.15) is 16.1 Å². The first kappa shape index (κ1) is 8.53. The molecule has 0 atom stereocenters. The van der Waals surface area contributed by atoms with Crippen LogP contribution in [0.25, 0.3) is 11.0 Å². The van der Waals surface area contributed by atoms with Gasteiger partial charge < -0.3 is 9.32 Å². The summed E-state index contributed by atoms with van der Waals surface area (Å²) in [4.78, 5) is 12.9. The van der Waals surface area contributed by atoms with Crippen LogP contribution in [0.15, 0.2) is 22.6 Å². The van der Waals surface area contributed by atoms with Crippen molar-refractivity contribution < 1.29 is 9.21 Å². The largest absolute Gasteiger partial charge is 0.453 e. The molecule has 1 aromatic heterocycles. The third kappa shape index (κ3) is 1.09. The number of fused-ring (bicyclic) bond motifs is 3. The summed E-state index contributed by atoms with van der Waals surface area (Å²) in [5, 5.41) is 1.08. The fourth-order valence-electron chi connectivity index (χ4n) is 2.26. The number of carbonyl (C=O) groups is 1. The predicted octanol–water partition coefficient (Wildman–Crippen LogP) is 2.24. The number of benzene rings is 1. The molecule has 0 bridgehead atoms. The van der Waals surface area contributed by atoms with Gasteiger partial charge in [-0.15, -0.1) is 0 Å². The molecule has 15 heavy (non-hydrogen) atoms. The third-order valence-electron chi connectivity index (χ3n) is 3.03. The normalized spacial score (nSPS) is 14.6. The summed E-state index contributed by atoms with van der Waals surface area (Å²) in [5.74, 6) is 0.410. The van der Waals surface area contributed by atoms with Crippen molar-refractivity contribution >= 4 is 22.9 Å². The van der Waals surface area contributed by atoms with Gasteiger partial charge in [0.25, 0.3) is 0 Å². The number of likely N-dealkylation sites (N-methyl/N-ethyl adjacent to an activating group) is 1. The summed E-state index contributed by atoms with van der Waals surface area (Å²) < 4.78 is 5.39. The number of rotatable bonds is 1. The van der Waals surface area contributed by atoms with E-state index in [1.165, 1.54) is 11.3 Å². The molecule has 0 aliphatic carbocycles. The van der Waals surface area contributed by atoms with Crippen molar-refractivity contribution in [2.24, 2.45) is 0 Å². The molecule has 3 rings (SSSR count). The number of aldehydes is 1. The molecule has 0 saturated carbocycles. The molecule has 1 aromatic carbocycles. The fourth-order valence-corrected chi connectivity index (χ4v) is 2.26. The second-order valence-corrected chi connectivity index (χ2v) is 3.91. The number of hydrogen-bond donors (Lipinski definition) is 0. The van der Waals surface area contributed by atoms with Crippen molar-refractivity contribution in [3.63, 3.8) is 0 Å². The van der Waals surface area contributed by atoms with Gasteiger partial charge in [-0.05, 0) is 30.2 Å². The summed E-state index contributed by atoms with van der Waals surface area (Å²) >= 11 is 0. The van der Waals surface area contributed by atoms with Crippen LogP contribution in [-0.2, 0) is 6.42 Å². The fraction of sp³-hybridized carbons (Fsp3) is 0.250. The van der Waals surface area contributed by atoms with Crippen molar-refractivity contribution in [2.75, 3.05) is 18.5 Å². The second kappa shape index (κ2) is 2.86. The van der Waals surface area contributed by atoms with Crippen molar-refractivity contribution in [3.8, 4) is 0 Å². The molecule has 0 unspecified atom stereocenters. The van der Waals surface area contributed by atoms with Crippen LogP contribution in [0, 0.1) is 0 Å². The summed E-state index contributed by atoms with van der Waals surface area (Å²) in [5.41, 5.74) is 3.36. The highest BCUT2D eigenvalue weighted by Gasteiger charge is 2.19. The minimum Gasteiger partial charge on any atom is -0.453 e. The highest BCUT2D eigenvalue weighted by molar-refractivity contribution is 5.91. The molecule has 0 N–H and O–H groups in total. The zero-order valence-corrected chi connectivity index (χ0v) is 8.49. The van der Waals surface area contributed by atoms with Gasteiger partial charge in [-0.1, -0.05) is 0 Å². The van der Waals surface area contributed by atoms with Crippen LogP contribution in [0.4, 0.5) is 5.69 Å². The third-order valence-corrected chi connectivity index (χ3v) is 3.03. The lowest BCUT2D eigenvalue weighted by Crippen LogP contribution is -2.12. The maximum absolute atomic E-state index is 10.6. The van der Waals surface area contributed by atoms with Gasteiger partial charge >= 0.3 is 0 Å². The van der Waals surface area contributed by atoms with Crippen LogP contribution in [0.3, 0.4) is 0 Å². The van der Waals surface area contributed by atoms with Gasteiger partial charge in [-0.3, -0.25) is 4.79 Å². The van der Waals surface area contributed by atoms with Crippen LogP contribution in [0.5, 0.6) is 0 Å². The van der Waals surface area contributed by atoms with Crippen molar-refractivity contribution in [1.82, 2.24) is 0 Å². The molecule has 2 aromatic rings. The first-order chi connectivity index (χ1) is 7.29. The van der Waals surface area contributed by atoms with Gasteiger partial charge in [0.1, 0.15) is 5.58 Å². The average molecular weight is 201 g/mol. The molecule has 0 fully saturated rings. The Bertz CT molecular complexity index is 542. The lowest BCUT2D eigenvalue weighted by Gasteiger charge is -2.10. The molecule has 1 aliphatic rings. The summed E-state index contributed by atoms with van der Waals surface area (Å²) in [6.45, 7) is 1.04. The first-order valence-corrected chi connectivity index (χ1v) is 5.01. The smallest absolute Gasteiger partial charge is 0.185 e. The van der Waals surface area contributed by atoms with E-state index in [2.05, 4.69) is 18.0 Å². The Morgan fingerprint density at radius 3 is 3.13 bits per heavy atom. The van der Waals surface area contributed by atoms with E-state index in [-0.39, 0.29) is 0 Å². The number of nitrogens with zero attached hydrogens (tertiary/aromatic N) is 1. The molecule has 2 heterocycles. The van der Waals surface area contributed by atoms with E-state index in [0.717, 1.165) is 30.2 Å². The Kier molecular flexibility index (Phi) is 1.63. The van der Waals surface area contributed by atoms with Gasteiger partial charge in [0.15, 0.2) is 12.0 Å². The van der Waals surface area contributed by atoms with Crippen molar-refractivity contribution in [1.29, 1.82) is 0 Å². The zero-order chi connectivity index (χ0) is 10.4. The molecule has 0 amide bonds. The average Bonchev–Trinajstić information content (AvgIpc) is 2.81. The van der Waals surface area contributed by atoms with Gasteiger partial charge in [-0.2, -0.15) is 0 Å². The Morgan fingerprint density at radius 1 is 1.47 bits per heavy atom. The SMILES string of the molecule is CN1CCc2c1ccc1oc(C=O)cc21. The summed E-state index contributed by atoms with van der Waals surface area (Å²) in [6, 6.07) is 5.83. The van der Waals surface area contributed by atoms with Gasteiger partial charge in [-0.25, -0.2) is 0 Å². The van der Waals surface area contributed by atoms with Crippen LogP contribution in [0.2, 0.25) is 0 Å². The van der Waals surface area contributed by atoms with Crippen LogP contribution < -0.4 is 4.90 Å². The second-order valence-electron chi connectivity index (χ2n) is 3.91. The molecule has 3 nitrogen and oxygen atoms in total. The van der Waals surface area contributed by atoms with Crippen molar-refractivity contribution in [3.05, 3.63) is 29.5 Å². The van der Waals surface area contributed by atoms with E-state index in [9.17, 15) is 4.79 Å². The summed E-state index contributed by atoms with van der Waals surface area (Å²) in [7, 11) is 2.08. The minimum absolute atomic E-state index is 0.410. The highest BCUT2D eigenvalue weighted by atomic mass is 16.3. The lowest BCUT2D eigenvalue weighted by molar-refractivity contribution is 0.110. The molecule has 76 valence electrons. The Balaban J connectivity index is 2.33. The maximum atomic E-state index is 10.6. The lowest BCUT2D eigenvalue weighted by atomic mass is 10.1. The minimum atomic E-state index is 0.410. The standard InChI is InChI=1S/C12H11NO2/c1-13-5-4-9-10-6-8(7-14)15-12(10)3-2-11(9)13/h2-3,6-7H,4-5H2,1H3. The first-order valence-electron chi connectivity index (χ1n) is 5.01. The van der Waals surface area contributed by atoms with E-state index in [0.29, 0.717) is 5.76 Å². The molecule has 1 aliphatic heterocycles. The van der Waals surface area contributed by atoms with Crippen molar-refractivity contribution in [2.45, 2.75) is 6.42 Å². The quantitative estimate of drug-likeness (QED) is 0.663.